The fourth-order valence-corrected chi connectivity index (χ4v) is 2.98. The maximum atomic E-state index is 14.0. The Balaban J connectivity index is 2.22. The van der Waals surface area contributed by atoms with E-state index < -0.39 is 11.8 Å². The van der Waals surface area contributed by atoms with Crippen LogP contribution in [-0.2, 0) is 12.8 Å². The average Bonchev–Trinajstić information content (AvgIpc) is 2.80. The van der Waals surface area contributed by atoms with Gasteiger partial charge >= 0.3 is 5.97 Å². The van der Waals surface area contributed by atoms with E-state index in [2.05, 4.69) is 12.0 Å². The number of aromatic nitrogens is 2. The van der Waals surface area contributed by atoms with E-state index in [1.165, 1.54) is 22.9 Å². The second-order valence-corrected chi connectivity index (χ2v) is 5.87. The lowest BCUT2D eigenvalue weighted by molar-refractivity contribution is 0.0688. The number of aromatic carboxylic acids is 1. The van der Waals surface area contributed by atoms with Crippen LogP contribution in [-0.4, -0.2) is 20.9 Å². The minimum Gasteiger partial charge on any atom is -0.476 e. The van der Waals surface area contributed by atoms with E-state index in [4.69, 9.17) is 11.6 Å². The predicted octanol–water partition coefficient (Wildman–Crippen LogP) is 3.49. The molecular formula is C15H14ClFN2O2. The van der Waals surface area contributed by atoms with E-state index in [1.54, 1.807) is 0 Å². The molecule has 110 valence electrons. The summed E-state index contributed by atoms with van der Waals surface area (Å²) < 4.78 is 15.4. The first-order valence-corrected chi connectivity index (χ1v) is 7.14. The monoisotopic (exact) mass is 308 g/mol. The summed E-state index contributed by atoms with van der Waals surface area (Å²) in [5.41, 5.74) is 1.68. The minimum absolute atomic E-state index is 0.0101. The van der Waals surface area contributed by atoms with Crippen LogP contribution in [0, 0.1) is 11.7 Å². The molecule has 1 aliphatic rings. The molecule has 1 aliphatic carbocycles. The number of carboxylic acids is 1. The lowest BCUT2D eigenvalue weighted by Crippen LogP contribution is -2.15. The van der Waals surface area contributed by atoms with Crippen LogP contribution in [0.3, 0.4) is 0 Å². The Hall–Kier alpha value is -1.88. The molecule has 4 nitrogen and oxygen atoms in total. The van der Waals surface area contributed by atoms with Crippen molar-refractivity contribution in [1.29, 1.82) is 0 Å². The molecule has 1 atom stereocenters. The summed E-state index contributed by atoms with van der Waals surface area (Å²) in [4.78, 5) is 11.4. The molecule has 1 aromatic carbocycles. The molecule has 1 unspecified atom stereocenters. The lowest BCUT2D eigenvalue weighted by atomic mass is 9.87. The normalized spacial score (nSPS) is 17.6. The Bertz CT molecular complexity index is 727. The molecule has 1 N–H and O–H groups in total. The summed E-state index contributed by atoms with van der Waals surface area (Å²) in [6, 6.07) is 4.18. The molecular weight excluding hydrogens is 295 g/mol. The van der Waals surface area contributed by atoms with Crippen LogP contribution in [0.5, 0.6) is 0 Å². The summed E-state index contributed by atoms with van der Waals surface area (Å²) in [7, 11) is 0. The van der Waals surface area contributed by atoms with Gasteiger partial charge in [0.15, 0.2) is 5.69 Å². The average molecular weight is 309 g/mol. The highest BCUT2D eigenvalue weighted by atomic mass is 35.5. The van der Waals surface area contributed by atoms with Crippen molar-refractivity contribution in [3.63, 3.8) is 0 Å². The van der Waals surface area contributed by atoms with Crippen LogP contribution < -0.4 is 0 Å². The van der Waals surface area contributed by atoms with Crippen molar-refractivity contribution in [1.82, 2.24) is 9.78 Å². The Morgan fingerprint density at radius 2 is 2.29 bits per heavy atom. The summed E-state index contributed by atoms with van der Waals surface area (Å²) in [5, 5.41) is 13.8. The maximum absolute atomic E-state index is 14.0. The smallest absolute Gasteiger partial charge is 0.356 e. The number of hydrogen-bond acceptors (Lipinski definition) is 2. The number of halogens is 2. The van der Waals surface area contributed by atoms with Crippen molar-refractivity contribution >= 4 is 17.6 Å². The first-order valence-electron chi connectivity index (χ1n) is 6.77. The SMILES string of the molecule is CC1CCc2c(c(C(=O)O)nn2-c2cc(Cl)ccc2F)C1. The molecule has 6 heteroatoms. The molecule has 21 heavy (non-hydrogen) atoms. The van der Waals surface area contributed by atoms with E-state index in [0.29, 0.717) is 29.3 Å². The van der Waals surface area contributed by atoms with E-state index in [0.717, 1.165) is 12.1 Å². The van der Waals surface area contributed by atoms with Gasteiger partial charge in [0.1, 0.15) is 11.5 Å². The lowest BCUT2D eigenvalue weighted by Gasteiger charge is -2.19. The number of nitrogens with zero attached hydrogens (tertiary/aromatic N) is 2. The third-order valence-corrected chi connectivity index (χ3v) is 4.09. The fourth-order valence-electron chi connectivity index (χ4n) is 2.81. The molecule has 2 aromatic rings. The molecule has 0 saturated carbocycles. The molecule has 3 rings (SSSR count). The Morgan fingerprint density at radius 3 is 3.00 bits per heavy atom. The number of hydrogen-bond donors (Lipinski definition) is 1. The van der Waals surface area contributed by atoms with Gasteiger partial charge in [-0.3, -0.25) is 0 Å². The first-order chi connectivity index (χ1) is 9.97. The van der Waals surface area contributed by atoms with Crippen LogP contribution in [0.25, 0.3) is 5.69 Å². The van der Waals surface area contributed by atoms with Gasteiger partial charge in [-0.05, 0) is 43.4 Å². The number of fused-ring (bicyclic) bond motifs is 1. The van der Waals surface area contributed by atoms with Crippen molar-refractivity contribution in [3.05, 3.63) is 46.0 Å². The van der Waals surface area contributed by atoms with Gasteiger partial charge in [-0.2, -0.15) is 5.10 Å². The zero-order chi connectivity index (χ0) is 15.1. The molecule has 0 bridgehead atoms. The largest absolute Gasteiger partial charge is 0.476 e. The first kappa shape index (κ1) is 14.1. The van der Waals surface area contributed by atoms with E-state index in [-0.39, 0.29) is 11.4 Å². The molecule has 0 amide bonds. The van der Waals surface area contributed by atoms with Crippen molar-refractivity contribution in [2.75, 3.05) is 0 Å². The van der Waals surface area contributed by atoms with Gasteiger partial charge in [-0.25, -0.2) is 13.9 Å². The summed E-state index contributed by atoms with van der Waals surface area (Å²) in [6.07, 6.45) is 2.27. The number of carboxylic acid groups (broad SMARTS) is 1. The van der Waals surface area contributed by atoms with Gasteiger partial charge in [0, 0.05) is 16.3 Å². The van der Waals surface area contributed by atoms with Gasteiger partial charge in [0.2, 0.25) is 0 Å². The van der Waals surface area contributed by atoms with Crippen LogP contribution in [0.15, 0.2) is 18.2 Å². The third kappa shape index (κ3) is 2.42. The Morgan fingerprint density at radius 1 is 1.52 bits per heavy atom. The number of rotatable bonds is 2. The van der Waals surface area contributed by atoms with Crippen molar-refractivity contribution in [3.8, 4) is 5.69 Å². The Kier molecular flexibility index (Phi) is 3.45. The molecule has 1 heterocycles. The Labute approximate surface area is 126 Å². The molecule has 1 aromatic heterocycles. The standard InChI is InChI=1S/C15H14ClFN2O2/c1-8-2-5-12-10(6-8)14(15(20)21)18-19(12)13-7-9(16)3-4-11(13)17/h3-4,7-8H,2,5-6H2,1H3,(H,20,21). The topological polar surface area (TPSA) is 55.1 Å². The molecule has 0 spiro atoms. The molecule has 0 aliphatic heterocycles. The third-order valence-electron chi connectivity index (χ3n) is 3.86. The van der Waals surface area contributed by atoms with Gasteiger partial charge in [0.05, 0.1) is 0 Å². The van der Waals surface area contributed by atoms with Gasteiger partial charge in [-0.15, -0.1) is 0 Å². The van der Waals surface area contributed by atoms with Crippen molar-refractivity contribution < 1.29 is 14.3 Å². The number of carbonyl (C=O) groups is 1. The zero-order valence-electron chi connectivity index (χ0n) is 11.4. The highest BCUT2D eigenvalue weighted by molar-refractivity contribution is 6.30. The predicted molar refractivity (Wildman–Crippen MR) is 76.7 cm³/mol. The molecule has 0 saturated heterocycles. The highest BCUT2D eigenvalue weighted by Crippen LogP contribution is 2.31. The van der Waals surface area contributed by atoms with Crippen molar-refractivity contribution in [2.24, 2.45) is 5.92 Å². The second-order valence-electron chi connectivity index (χ2n) is 5.43. The summed E-state index contributed by atoms with van der Waals surface area (Å²) >= 11 is 5.92. The summed E-state index contributed by atoms with van der Waals surface area (Å²) in [6.45, 7) is 2.08. The van der Waals surface area contributed by atoms with Crippen LogP contribution in [0.4, 0.5) is 4.39 Å². The molecule has 0 radical (unpaired) electrons. The van der Waals surface area contributed by atoms with E-state index in [1.807, 2.05) is 0 Å². The summed E-state index contributed by atoms with van der Waals surface area (Å²) in [5.74, 6) is -1.15. The van der Waals surface area contributed by atoms with E-state index >= 15 is 0 Å². The van der Waals surface area contributed by atoms with Gasteiger partial charge in [-0.1, -0.05) is 18.5 Å². The second kappa shape index (κ2) is 5.15. The quantitative estimate of drug-likeness (QED) is 0.924. The maximum Gasteiger partial charge on any atom is 0.356 e. The van der Waals surface area contributed by atoms with E-state index in [9.17, 15) is 14.3 Å². The van der Waals surface area contributed by atoms with Crippen molar-refractivity contribution in [2.45, 2.75) is 26.2 Å². The zero-order valence-corrected chi connectivity index (χ0v) is 12.2. The molecule has 0 fully saturated rings. The van der Waals surface area contributed by atoms with Gasteiger partial charge in [0.25, 0.3) is 0 Å². The fraction of sp³-hybridized carbons (Fsp3) is 0.333. The van der Waals surface area contributed by atoms with Crippen LogP contribution >= 0.6 is 11.6 Å². The van der Waals surface area contributed by atoms with Gasteiger partial charge < -0.3 is 5.11 Å². The minimum atomic E-state index is -1.08. The van der Waals surface area contributed by atoms with Crippen LogP contribution in [0.2, 0.25) is 5.02 Å². The number of benzene rings is 1. The highest BCUT2D eigenvalue weighted by Gasteiger charge is 2.28. The van der Waals surface area contributed by atoms with Crippen LogP contribution in [0.1, 0.15) is 35.1 Å².